The number of carbonyl (C=O) groups is 2. The van der Waals surface area contributed by atoms with E-state index in [1.54, 1.807) is 35.2 Å². The number of anilines is 2. The second kappa shape index (κ2) is 7.55. The lowest BCUT2D eigenvalue weighted by atomic mass is 10.2. The lowest BCUT2D eigenvalue weighted by Gasteiger charge is -2.20. The molecule has 0 spiro atoms. The summed E-state index contributed by atoms with van der Waals surface area (Å²) in [5, 5.41) is 3.25. The van der Waals surface area contributed by atoms with Crippen LogP contribution in [0.2, 0.25) is 0 Å². The molecule has 2 aromatic carbocycles. The third kappa shape index (κ3) is 3.55. The minimum absolute atomic E-state index is 0.0437. The third-order valence-corrected chi connectivity index (χ3v) is 5.14. The number of hydrogen-bond donors (Lipinski definition) is 1. The quantitative estimate of drug-likeness (QED) is 0.675. The number of hydrogen-bond acceptors (Lipinski definition) is 4. The molecule has 3 aromatic rings. The molecule has 142 valence electrons. The Labute approximate surface area is 169 Å². The van der Waals surface area contributed by atoms with E-state index in [2.05, 4.69) is 26.2 Å². The second-order valence-electron chi connectivity index (χ2n) is 6.55. The highest BCUT2D eigenvalue weighted by Gasteiger charge is 2.24. The minimum atomic E-state index is -0.364. The van der Waals surface area contributed by atoms with Crippen molar-refractivity contribution >= 4 is 50.0 Å². The van der Waals surface area contributed by atoms with Crippen LogP contribution in [-0.4, -0.2) is 27.9 Å². The Bertz CT molecular complexity index is 1140. The summed E-state index contributed by atoms with van der Waals surface area (Å²) in [5.74, 6) is -0.320. The molecule has 0 unspecified atom stereocenters. The first kappa shape index (κ1) is 18.4. The van der Waals surface area contributed by atoms with Crippen molar-refractivity contribution < 1.29 is 9.59 Å². The van der Waals surface area contributed by atoms with Crippen LogP contribution in [0.15, 0.2) is 58.1 Å². The lowest BCUT2D eigenvalue weighted by molar-refractivity contribution is -0.117. The highest BCUT2D eigenvalue weighted by molar-refractivity contribution is 9.10. The number of para-hydroxylation sites is 2. The van der Waals surface area contributed by atoms with Gasteiger partial charge in [-0.25, -0.2) is 4.98 Å². The highest BCUT2D eigenvalue weighted by atomic mass is 79.9. The van der Waals surface area contributed by atoms with Gasteiger partial charge in [-0.1, -0.05) is 28.1 Å². The van der Waals surface area contributed by atoms with Gasteiger partial charge in [0.2, 0.25) is 11.8 Å². The van der Waals surface area contributed by atoms with Gasteiger partial charge in [0.1, 0.15) is 6.54 Å². The fraction of sp³-hybridized carbons (Fsp3) is 0.200. The van der Waals surface area contributed by atoms with E-state index in [0.29, 0.717) is 35.2 Å². The van der Waals surface area contributed by atoms with E-state index in [4.69, 9.17) is 0 Å². The van der Waals surface area contributed by atoms with Crippen molar-refractivity contribution in [1.29, 1.82) is 0 Å². The van der Waals surface area contributed by atoms with E-state index < -0.39 is 0 Å². The van der Waals surface area contributed by atoms with Crippen molar-refractivity contribution in [2.45, 2.75) is 19.4 Å². The zero-order valence-electron chi connectivity index (χ0n) is 14.9. The van der Waals surface area contributed by atoms with E-state index in [9.17, 15) is 14.4 Å². The van der Waals surface area contributed by atoms with Gasteiger partial charge in [0.25, 0.3) is 5.56 Å². The van der Waals surface area contributed by atoms with Crippen molar-refractivity contribution in [1.82, 2.24) is 9.55 Å². The molecule has 2 heterocycles. The zero-order valence-corrected chi connectivity index (χ0v) is 16.5. The predicted octanol–water partition coefficient (Wildman–Crippen LogP) is 2.92. The molecule has 1 N–H and O–H groups in total. The number of aromatic nitrogens is 2. The molecule has 1 aromatic heterocycles. The molecular weight excluding hydrogens is 424 g/mol. The maximum absolute atomic E-state index is 12.7. The molecule has 4 rings (SSSR count). The fourth-order valence-corrected chi connectivity index (χ4v) is 3.67. The van der Waals surface area contributed by atoms with Gasteiger partial charge in [0.05, 0.1) is 28.6 Å². The lowest BCUT2D eigenvalue weighted by Crippen LogP contribution is -2.29. The summed E-state index contributed by atoms with van der Waals surface area (Å²) in [7, 11) is 0. The molecule has 0 atom stereocenters. The largest absolute Gasteiger partial charge is 0.323 e. The second-order valence-corrected chi connectivity index (χ2v) is 7.47. The summed E-state index contributed by atoms with van der Waals surface area (Å²) in [5.41, 5.74) is 1.51. The van der Waals surface area contributed by atoms with Crippen molar-refractivity contribution in [3.63, 3.8) is 0 Å². The van der Waals surface area contributed by atoms with Crippen LogP contribution in [0.5, 0.6) is 0 Å². The summed E-state index contributed by atoms with van der Waals surface area (Å²) >= 11 is 3.34. The van der Waals surface area contributed by atoms with Crippen LogP contribution < -0.4 is 15.8 Å². The van der Waals surface area contributed by atoms with Gasteiger partial charge in [0.15, 0.2) is 0 Å². The van der Waals surface area contributed by atoms with Gasteiger partial charge in [0, 0.05) is 17.4 Å². The van der Waals surface area contributed by atoms with Gasteiger partial charge < -0.3 is 10.2 Å². The molecule has 0 aliphatic carbocycles. The Morgan fingerprint density at radius 3 is 2.79 bits per heavy atom. The highest BCUT2D eigenvalue weighted by Crippen LogP contribution is 2.29. The number of amides is 2. The minimum Gasteiger partial charge on any atom is -0.323 e. The fourth-order valence-electron chi connectivity index (χ4n) is 3.31. The van der Waals surface area contributed by atoms with Crippen LogP contribution in [0.3, 0.4) is 0 Å². The number of rotatable bonds is 4. The summed E-state index contributed by atoms with van der Waals surface area (Å²) in [6.07, 6.45) is 2.68. The number of nitrogens with zero attached hydrogens (tertiary/aromatic N) is 3. The van der Waals surface area contributed by atoms with Crippen LogP contribution >= 0.6 is 15.9 Å². The van der Waals surface area contributed by atoms with Gasteiger partial charge in [-0.15, -0.1) is 0 Å². The Balaban J connectivity index is 1.58. The van der Waals surface area contributed by atoms with Crippen molar-refractivity contribution in [3.05, 3.63) is 63.6 Å². The molecule has 2 amide bonds. The molecule has 1 aliphatic heterocycles. The SMILES string of the molecule is O=C(Cn1cnc2ccc(Br)cc2c1=O)Nc1ccccc1N1CCCC1=O. The number of halogens is 1. The van der Waals surface area contributed by atoms with Gasteiger partial charge in [-0.2, -0.15) is 0 Å². The average molecular weight is 441 g/mol. The molecule has 0 radical (unpaired) electrons. The first-order valence-corrected chi connectivity index (χ1v) is 9.66. The monoisotopic (exact) mass is 440 g/mol. The van der Waals surface area contributed by atoms with Crippen molar-refractivity contribution in [3.8, 4) is 0 Å². The standard InChI is InChI=1S/C20H17BrN4O3/c21-13-7-8-15-14(10-13)20(28)24(12-22-15)11-18(26)23-16-4-1-2-5-17(16)25-9-3-6-19(25)27/h1-2,4-5,7-8,10,12H,3,6,9,11H2,(H,23,26). The predicted molar refractivity (Wildman–Crippen MR) is 110 cm³/mol. The molecule has 0 bridgehead atoms. The summed E-state index contributed by atoms with van der Waals surface area (Å²) in [6.45, 7) is 0.464. The third-order valence-electron chi connectivity index (χ3n) is 4.64. The zero-order chi connectivity index (χ0) is 19.7. The van der Waals surface area contributed by atoms with Crippen LogP contribution in [-0.2, 0) is 16.1 Å². The Kier molecular flexibility index (Phi) is 4.95. The topological polar surface area (TPSA) is 84.3 Å². The van der Waals surface area contributed by atoms with E-state index >= 15 is 0 Å². The summed E-state index contributed by atoms with van der Waals surface area (Å²) in [6, 6.07) is 12.4. The number of fused-ring (bicyclic) bond motifs is 1. The van der Waals surface area contributed by atoms with Crippen molar-refractivity contribution in [2.75, 3.05) is 16.8 Å². The molecule has 8 heteroatoms. The van der Waals surface area contributed by atoms with E-state index in [1.807, 2.05) is 12.1 Å². The number of carbonyl (C=O) groups excluding carboxylic acids is 2. The van der Waals surface area contributed by atoms with Crippen LogP contribution in [0, 0.1) is 0 Å². The smallest absolute Gasteiger partial charge is 0.261 e. The molecule has 7 nitrogen and oxygen atoms in total. The maximum Gasteiger partial charge on any atom is 0.261 e. The molecule has 1 aliphatic rings. The van der Waals surface area contributed by atoms with Crippen LogP contribution in [0.1, 0.15) is 12.8 Å². The van der Waals surface area contributed by atoms with E-state index in [0.717, 1.165) is 10.9 Å². The molecule has 1 saturated heterocycles. The Morgan fingerprint density at radius 2 is 2.00 bits per heavy atom. The molecule has 0 saturated carbocycles. The van der Waals surface area contributed by atoms with Gasteiger partial charge in [-0.05, 0) is 36.8 Å². The first-order chi connectivity index (χ1) is 13.5. The number of nitrogens with one attached hydrogen (secondary N) is 1. The summed E-state index contributed by atoms with van der Waals surface area (Å²) in [4.78, 5) is 43.2. The molecular formula is C20H17BrN4O3. The summed E-state index contributed by atoms with van der Waals surface area (Å²) < 4.78 is 2.04. The van der Waals surface area contributed by atoms with Crippen LogP contribution in [0.25, 0.3) is 10.9 Å². The number of benzene rings is 2. The van der Waals surface area contributed by atoms with Gasteiger partial charge >= 0.3 is 0 Å². The van der Waals surface area contributed by atoms with Gasteiger partial charge in [-0.3, -0.25) is 19.0 Å². The van der Waals surface area contributed by atoms with Crippen molar-refractivity contribution in [2.24, 2.45) is 0 Å². The Morgan fingerprint density at radius 1 is 1.18 bits per heavy atom. The normalized spacial score (nSPS) is 13.9. The van der Waals surface area contributed by atoms with E-state index in [-0.39, 0.29) is 23.9 Å². The van der Waals surface area contributed by atoms with Crippen LogP contribution in [0.4, 0.5) is 11.4 Å². The van der Waals surface area contributed by atoms with E-state index in [1.165, 1.54) is 10.9 Å². The first-order valence-electron chi connectivity index (χ1n) is 8.87. The molecule has 28 heavy (non-hydrogen) atoms. The maximum atomic E-state index is 12.7. The Hall–Kier alpha value is -3.00. The molecule has 1 fully saturated rings. The average Bonchev–Trinajstić information content (AvgIpc) is 3.11.